The lowest BCUT2D eigenvalue weighted by molar-refractivity contribution is -0.148. The highest BCUT2D eigenvalue weighted by Gasteiger charge is 2.61. The minimum Gasteiger partial charge on any atom is -0.481 e. The summed E-state index contributed by atoms with van der Waals surface area (Å²) in [6, 6.07) is 15.5. The molecule has 8 aliphatic carbocycles. The van der Waals surface area contributed by atoms with E-state index in [9.17, 15) is 24.2 Å². The molecule has 0 amide bonds. The van der Waals surface area contributed by atoms with Crippen molar-refractivity contribution in [2.24, 2.45) is 59.2 Å². The maximum atomic E-state index is 13.8. The van der Waals surface area contributed by atoms with Gasteiger partial charge in [0.25, 0.3) is 0 Å². The second-order valence-electron chi connectivity index (χ2n) is 16.0. The average molecular weight is 601 g/mol. The molecule has 8 bridgehead atoms. The molecular formula is C39H49FO4. The topological polar surface area (TPSA) is 74.6 Å². The van der Waals surface area contributed by atoms with Crippen molar-refractivity contribution in [2.75, 3.05) is 0 Å². The van der Waals surface area contributed by atoms with Gasteiger partial charge in [-0.15, -0.1) is 0 Å². The molecule has 8 fully saturated rings. The zero-order valence-electron chi connectivity index (χ0n) is 26.6. The number of carboxylic acids is 2. The molecule has 8 saturated carbocycles. The van der Waals surface area contributed by atoms with Gasteiger partial charge in [0.2, 0.25) is 0 Å². The van der Waals surface area contributed by atoms with Crippen LogP contribution < -0.4 is 0 Å². The summed E-state index contributed by atoms with van der Waals surface area (Å²) >= 11 is 0. The smallest absolute Gasteiger partial charge is 0.304 e. The van der Waals surface area contributed by atoms with Gasteiger partial charge in [0.15, 0.2) is 0 Å². The summed E-state index contributed by atoms with van der Waals surface area (Å²) < 4.78 is 13.8. The minimum absolute atomic E-state index is 0.104. The summed E-state index contributed by atoms with van der Waals surface area (Å²) in [6.07, 6.45) is 9.94. The molecule has 44 heavy (non-hydrogen) atoms. The van der Waals surface area contributed by atoms with E-state index in [1.165, 1.54) is 42.9 Å². The Morgan fingerprint density at radius 3 is 1.41 bits per heavy atom. The summed E-state index contributed by atoms with van der Waals surface area (Å²) in [6.45, 7) is 6.90. The monoisotopic (exact) mass is 600 g/mol. The first-order chi connectivity index (χ1) is 21.0. The summed E-state index contributed by atoms with van der Waals surface area (Å²) in [5, 5.41) is 19.2. The molecule has 0 radical (unpaired) electrons. The number of carbonyl (C=O) groups is 2. The average Bonchev–Trinajstić information content (AvgIpc) is 2.95. The van der Waals surface area contributed by atoms with E-state index >= 15 is 0 Å². The van der Waals surface area contributed by atoms with Gasteiger partial charge in [-0.3, -0.25) is 9.59 Å². The third kappa shape index (κ3) is 4.66. The third-order valence-electron chi connectivity index (χ3n) is 14.4. The molecule has 0 aromatic heterocycles. The molecule has 8 aliphatic rings. The maximum Gasteiger partial charge on any atom is 0.304 e. The quantitative estimate of drug-likeness (QED) is 0.348. The van der Waals surface area contributed by atoms with E-state index in [2.05, 4.69) is 45.0 Å². The molecule has 236 valence electrons. The lowest BCUT2D eigenvalue weighted by Gasteiger charge is -2.63. The van der Waals surface area contributed by atoms with Crippen LogP contribution in [0, 0.1) is 71.9 Å². The Labute approximate surface area is 261 Å². The van der Waals surface area contributed by atoms with Crippen molar-refractivity contribution in [3.8, 4) is 0 Å². The molecule has 0 aliphatic heterocycles. The van der Waals surface area contributed by atoms with Gasteiger partial charge >= 0.3 is 11.9 Å². The van der Waals surface area contributed by atoms with Gasteiger partial charge in [-0.25, -0.2) is 4.39 Å². The molecular weight excluding hydrogens is 551 g/mol. The predicted octanol–water partition coefficient (Wildman–Crippen LogP) is 8.65. The van der Waals surface area contributed by atoms with E-state index in [1.54, 1.807) is 12.1 Å². The molecule has 2 aromatic rings. The standard InChI is InChI=1S/C20H26O2.C19H23FO2/c1-12-3-5-16(6-4-12)20(11-19(21)22)17-7-14-8-18(20)10-15(9-17)13(14)2;1-11-12-5-15-7-13(11)8-16(6-12)19(15,10-18(21)22)14-3-2-4-17(20)9-14/h3-6,13-15,17-18H,7-11H2,1-2H3,(H,21,22);2-4,9,11-13,15-16H,5-8,10H2,1H3,(H,21,22). The number of hydrogen-bond donors (Lipinski definition) is 2. The molecule has 0 unspecified atom stereocenters. The highest BCUT2D eigenvalue weighted by molar-refractivity contribution is 5.70. The van der Waals surface area contributed by atoms with Crippen LogP contribution in [0.3, 0.4) is 0 Å². The molecule has 2 N–H and O–H groups in total. The molecule has 4 nitrogen and oxygen atoms in total. The fraction of sp³-hybridized carbons (Fsp3) is 0.641. The zero-order valence-corrected chi connectivity index (χ0v) is 26.6. The van der Waals surface area contributed by atoms with Gasteiger partial charge in [0.1, 0.15) is 5.82 Å². The number of halogens is 1. The fourth-order valence-electron chi connectivity index (χ4n) is 12.4. The van der Waals surface area contributed by atoms with Crippen LogP contribution in [-0.4, -0.2) is 22.2 Å². The zero-order chi connectivity index (χ0) is 31.0. The van der Waals surface area contributed by atoms with Crippen LogP contribution in [0.25, 0.3) is 0 Å². The number of hydrogen-bond acceptors (Lipinski definition) is 2. The maximum absolute atomic E-state index is 13.8. The molecule has 10 rings (SSSR count). The highest BCUT2D eigenvalue weighted by atomic mass is 19.1. The van der Waals surface area contributed by atoms with Crippen molar-refractivity contribution in [1.29, 1.82) is 0 Å². The molecule has 5 heteroatoms. The lowest BCUT2D eigenvalue weighted by atomic mass is 9.41. The number of carboxylic acid groups (broad SMARTS) is 2. The normalized spacial score (nSPS) is 42.5. The SMILES string of the molecule is CC1C2CC3CC1CC(C2)C3(CC(=O)O)c1cccc(F)c1.Cc1ccc(C2(CC(=O)O)C3CC4CC2CC(C3)C4C)cc1. The van der Waals surface area contributed by atoms with E-state index in [0.717, 1.165) is 66.8 Å². The largest absolute Gasteiger partial charge is 0.481 e. The molecule has 0 atom stereocenters. The van der Waals surface area contributed by atoms with Crippen molar-refractivity contribution in [2.45, 2.75) is 95.8 Å². The summed E-state index contributed by atoms with van der Waals surface area (Å²) in [7, 11) is 0. The Morgan fingerprint density at radius 2 is 1.05 bits per heavy atom. The van der Waals surface area contributed by atoms with Gasteiger partial charge in [0, 0.05) is 10.8 Å². The van der Waals surface area contributed by atoms with Crippen molar-refractivity contribution < 1.29 is 24.2 Å². The predicted molar refractivity (Wildman–Crippen MR) is 169 cm³/mol. The third-order valence-corrected chi connectivity index (χ3v) is 14.4. The molecule has 0 heterocycles. The Balaban J connectivity index is 0.000000142. The number of aryl methyl sites for hydroxylation is 1. The van der Waals surface area contributed by atoms with Gasteiger partial charge in [0.05, 0.1) is 12.8 Å². The first kappa shape index (κ1) is 30.0. The van der Waals surface area contributed by atoms with Crippen molar-refractivity contribution in [3.63, 3.8) is 0 Å². The summed E-state index contributed by atoms with van der Waals surface area (Å²) in [5.41, 5.74) is 3.03. The van der Waals surface area contributed by atoms with Gasteiger partial charge in [-0.2, -0.15) is 0 Å². The Kier molecular flexibility index (Phi) is 7.49. The lowest BCUT2D eigenvalue weighted by Crippen LogP contribution is -2.58. The molecule has 0 spiro atoms. The molecule has 2 aromatic carbocycles. The number of aliphatic carboxylic acids is 2. The Hall–Kier alpha value is -2.69. The van der Waals surface area contributed by atoms with Crippen molar-refractivity contribution >= 4 is 11.9 Å². The van der Waals surface area contributed by atoms with Crippen LogP contribution in [0.15, 0.2) is 48.5 Å². The number of benzene rings is 2. The Morgan fingerprint density at radius 1 is 0.659 bits per heavy atom. The first-order valence-corrected chi connectivity index (χ1v) is 17.3. The summed E-state index contributed by atoms with van der Waals surface area (Å²) in [4.78, 5) is 23.3. The van der Waals surface area contributed by atoms with Crippen LogP contribution in [-0.2, 0) is 20.4 Å². The Bertz CT molecular complexity index is 1350. The van der Waals surface area contributed by atoms with Crippen LogP contribution in [0.1, 0.15) is 94.7 Å². The van der Waals surface area contributed by atoms with Crippen molar-refractivity contribution in [1.82, 2.24) is 0 Å². The van der Waals surface area contributed by atoms with Crippen LogP contribution in [0.2, 0.25) is 0 Å². The van der Waals surface area contributed by atoms with E-state index in [-0.39, 0.29) is 23.1 Å². The first-order valence-electron chi connectivity index (χ1n) is 17.3. The van der Waals surface area contributed by atoms with Crippen LogP contribution >= 0.6 is 0 Å². The molecule has 0 saturated heterocycles. The second kappa shape index (κ2) is 11.0. The minimum atomic E-state index is -0.746. The van der Waals surface area contributed by atoms with E-state index in [1.807, 2.05) is 6.07 Å². The fourth-order valence-corrected chi connectivity index (χ4v) is 12.4. The van der Waals surface area contributed by atoms with Gasteiger partial charge in [-0.1, -0.05) is 55.8 Å². The second-order valence-corrected chi connectivity index (χ2v) is 16.0. The van der Waals surface area contributed by atoms with E-state index in [0.29, 0.717) is 30.1 Å². The van der Waals surface area contributed by atoms with Crippen LogP contribution in [0.4, 0.5) is 4.39 Å². The van der Waals surface area contributed by atoms with E-state index < -0.39 is 11.9 Å². The highest BCUT2D eigenvalue weighted by Crippen LogP contribution is 2.67. The van der Waals surface area contributed by atoms with Gasteiger partial charge in [-0.05, 0) is 141 Å². The van der Waals surface area contributed by atoms with Crippen LogP contribution in [0.5, 0.6) is 0 Å². The summed E-state index contributed by atoms with van der Waals surface area (Å²) in [5.74, 6) is 5.16. The number of rotatable bonds is 6. The van der Waals surface area contributed by atoms with Gasteiger partial charge < -0.3 is 10.2 Å². The van der Waals surface area contributed by atoms with E-state index in [4.69, 9.17) is 0 Å². The van der Waals surface area contributed by atoms with Crippen molar-refractivity contribution in [3.05, 3.63) is 71.0 Å².